The highest BCUT2D eigenvalue weighted by molar-refractivity contribution is 9.09. The van der Waals surface area contributed by atoms with E-state index in [-0.39, 0.29) is 0 Å². The second kappa shape index (κ2) is 7.13. The monoisotopic (exact) mass is 276 g/mol. The van der Waals surface area contributed by atoms with Crippen molar-refractivity contribution in [3.8, 4) is 5.75 Å². The molecule has 0 atom stereocenters. The van der Waals surface area contributed by atoms with E-state index in [4.69, 9.17) is 16.3 Å². The van der Waals surface area contributed by atoms with Crippen molar-refractivity contribution in [3.63, 3.8) is 0 Å². The van der Waals surface area contributed by atoms with Gasteiger partial charge in [-0.2, -0.15) is 0 Å². The molecule has 14 heavy (non-hydrogen) atoms. The molecule has 0 spiro atoms. The van der Waals surface area contributed by atoms with Gasteiger partial charge < -0.3 is 4.74 Å². The van der Waals surface area contributed by atoms with Crippen LogP contribution in [0.15, 0.2) is 24.3 Å². The maximum atomic E-state index is 5.62. The molecule has 0 N–H and O–H groups in total. The lowest BCUT2D eigenvalue weighted by Crippen LogP contribution is -1.97. The van der Waals surface area contributed by atoms with E-state index in [9.17, 15) is 0 Å². The Morgan fingerprint density at radius 2 is 1.93 bits per heavy atom. The van der Waals surface area contributed by atoms with Crippen molar-refractivity contribution < 1.29 is 4.74 Å². The summed E-state index contributed by atoms with van der Waals surface area (Å²) in [6.07, 6.45) is 2.07. The van der Waals surface area contributed by atoms with Crippen LogP contribution in [0, 0.1) is 0 Å². The van der Waals surface area contributed by atoms with E-state index in [1.165, 1.54) is 5.56 Å². The molecule has 0 fully saturated rings. The minimum absolute atomic E-state index is 0.709. The maximum Gasteiger partial charge on any atom is 0.119 e. The summed E-state index contributed by atoms with van der Waals surface area (Å²) in [5.41, 5.74) is 1.32. The molecule has 0 saturated heterocycles. The van der Waals surface area contributed by atoms with Crippen LogP contribution in [0.5, 0.6) is 5.75 Å². The molecule has 0 aromatic heterocycles. The molecule has 0 unspecified atom stereocenters. The highest BCUT2D eigenvalue weighted by Gasteiger charge is 1.95. The Labute approximate surface area is 98.5 Å². The quantitative estimate of drug-likeness (QED) is 0.722. The van der Waals surface area contributed by atoms with E-state index in [1.807, 2.05) is 12.1 Å². The van der Waals surface area contributed by atoms with Crippen molar-refractivity contribution in [2.45, 2.75) is 12.8 Å². The van der Waals surface area contributed by atoms with Crippen molar-refractivity contribution in [1.82, 2.24) is 0 Å². The zero-order chi connectivity index (χ0) is 10.2. The van der Waals surface area contributed by atoms with Gasteiger partial charge >= 0.3 is 0 Å². The number of alkyl halides is 2. The third kappa shape index (κ3) is 4.34. The SMILES string of the molecule is ClCCCc1ccc(OCCBr)cc1. The molecule has 1 nitrogen and oxygen atoms in total. The fourth-order valence-corrected chi connectivity index (χ4v) is 1.48. The van der Waals surface area contributed by atoms with Gasteiger partial charge in [-0.05, 0) is 30.5 Å². The molecule has 1 rings (SSSR count). The molecule has 0 saturated carbocycles. The summed E-state index contributed by atoms with van der Waals surface area (Å²) >= 11 is 8.94. The van der Waals surface area contributed by atoms with Crippen molar-refractivity contribution in [1.29, 1.82) is 0 Å². The zero-order valence-electron chi connectivity index (χ0n) is 8.01. The Kier molecular flexibility index (Phi) is 6.04. The van der Waals surface area contributed by atoms with E-state index < -0.39 is 0 Å². The number of aryl methyl sites for hydroxylation is 1. The summed E-state index contributed by atoms with van der Waals surface area (Å²) in [6, 6.07) is 8.20. The maximum absolute atomic E-state index is 5.62. The topological polar surface area (TPSA) is 9.23 Å². The molecule has 1 aromatic rings. The van der Waals surface area contributed by atoms with Crippen LogP contribution < -0.4 is 4.74 Å². The van der Waals surface area contributed by atoms with Gasteiger partial charge in [0.1, 0.15) is 5.75 Å². The second-order valence-electron chi connectivity index (χ2n) is 2.97. The van der Waals surface area contributed by atoms with Crippen molar-refractivity contribution >= 4 is 27.5 Å². The first-order valence-corrected chi connectivity index (χ1v) is 6.36. The van der Waals surface area contributed by atoms with E-state index >= 15 is 0 Å². The largest absolute Gasteiger partial charge is 0.493 e. The van der Waals surface area contributed by atoms with Gasteiger partial charge in [-0.15, -0.1) is 11.6 Å². The van der Waals surface area contributed by atoms with Crippen LogP contribution in [0.25, 0.3) is 0 Å². The van der Waals surface area contributed by atoms with Crippen LogP contribution in [-0.2, 0) is 6.42 Å². The molecule has 0 heterocycles. The summed E-state index contributed by atoms with van der Waals surface area (Å²) in [5, 5.41) is 0.862. The summed E-state index contributed by atoms with van der Waals surface area (Å²) in [4.78, 5) is 0. The molecule has 0 aliphatic rings. The highest BCUT2D eigenvalue weighted by atomic mass is 79.9. The van der Waals surface area contributed by atoms with Crippen molar-refractivity contribution in [2.75, 3.05) is 17.8 Å². The van der Waals surface area contributed by atoms with Crippen LogP contribution in [0.3, 0.4) is 0 Å². The Morgan fingerprint density at radius 1 is 1.21 bits per heavy atom. The van der Waals surface area contributed by atoms with Gasteiger partial charge in [-0.3, -0.25) is 0 Å². The van der Waals surface area contributed by atoms with E-state index in [2.05, 4.69) is 28.1 Å². The fraction of sp³-hybridized carbons (Fsp3) is 0.455. The van der Waals surface area contributed by atoms with Crippen molar-refractivity contribution in [2.24, 2.45) is 0 Å². The normalized spacial score (nSPS) is 10.1. The minimum Gasteiger partial charge on any atom is -0.493 e. The van der Waals surface area contributed by atoms with Crippen molar-refractivity contribution in [3.05, 3.63) is 29.8 Å². The fourth-order valence-electron chi connectivity index (χ4n) is 1.18. The van der Waals surface area contributed by atoms with Gasteiger partial charge in [0.2, 0.25) is 0 Å². The molecule has 0 aliphatic heterocycles. The van der Waals surface area contributed by atoms with Crippen LogP contribution in [0.2, 0.25) is 0 Å². The zero-order valence-corrected chi connectivity index (χ0v) is 10.4. The summed E-state index contributed by atoms with van der Waals surface area (Å²) in [5.74, 6) is 1.65. The average Bonchev–Trinajstić information content (AvgIpc) is 2.25. The molecular formula is C11H14BrClO. The predicted octanol–water partition coefficient (Wildman–Crippen LogP) is 3.63. The molecule has 3 heteroatoms. The number of rotatable bonds is 6. The highest BCUT2D eigenvalue weighted by Crippen LogP contribution is 2.13. The molecule has 78 valence electrons. The lowest BCUT2D eigenvalue weighted by atomic mass is 10.1. The number of hydrogen-bond donors (Lipinski definition) is 0. The first-order chi connectivity index (χ1) is 6.86. The Morgan fingerprint density at radius 3 is 2.50 bits per heavy atom. The summed E-state index contributed by atoms with van der Waals surface area (Å²) in [7, 11) is 0. The Bertz CT molecular complexity index is 221. The standard InChI is InChI=1S/C11H14BrClO/c12-7-9-14-11-5-3-10(4-6-11)2-1-8-13/h3-6H,1-2,7-9H2. The predicted molar refractivity (Wildman–Crippen MR) is 64.8 cm³/mol. The van der Waals surface area contributed by atoms with Crippen LogP contribution in [0.1, 0.15) is 12.0 Å². The van der Waals surface area contributed by atoms with Crippen LogP contribution in [-0.4, -0.2) is 17.8 Å². The van der Waals surface area contributed by atoms with Gasteiger partial charge in [0.25, 0.3) is 0 Å². The van der Waals surface area contributed by atoms with Gasteiger partial charge in [-0.1, -0.05) is 28.1 Å². The first kappa shape index (κ1) is 11.9. The van der Waals surface area contributed by atoms with Gasteiger partial charge in [0.15, 0.2) is 0 Å². The number of hydrogen-bond acceptors (Lipinski definition) is 1. The third-order valence-corrected chi connectivity index (χ3v) is 2.46. The van der Waals surface area contributed by atoms with Crippen LogP contribution >= 0.6 is 27.5 Å². The number of benzene rings is 1. The van der Waals surface area contributed by atoms with E-state index in [0.717, 1.165) is 29.8 Å². The average molecular weight is 278 g/mol. The third-order valence-electron chi connectivity index (χ3n) is 1.87. The minimum atomic E-state index is 0.709. The summed E-state index contributed by atoms with van der Waals surface area (Å²) in [6.45, 7) is 0.709. The van der Waals surface area contributed by atoms with Gasteiger partial charge in [0, 0.05) is 11.2 Å². The Balaban J connectivity index is 2.42. The molecule has 0 aliphatic carbocycles. The van der Waals surface area contributed by atoms with Gasteiger partial charge in [0.05, 0.1) is 6.61 Å². The molecular weight excluding hydrogens is 263 g/mol. The Hall–Kier alpha value is -0.210. The van der Waals surface area contributed by atoms with Crippen LogP contribution in [0.4, 0.5) is 0 Å². The second-order valence-corrected chi connectivity index (χ2v) is 4.14. The molecule has 0 bridgehead atoms. The lowest BCUT2D eigenvalue weighted by Gasteiger charge is -2.04. The first-order valence-electron chi connectivity index (χ1n) is 4.70. The van der Waals surface area contributed by atoms with Gasteiger partial charge in [-0.25, -0.2) is 0 Å². The molecule has 0 radical (unpaired) electrons. The smallest absolute Gasteiger partial charge is 0.119 e. The lowest BCUT2D eigenvalue weighted by molar-refractivity contribution is 0.345. The molecule has 1 aromatic carbocycles. The summed E-state index contributed by atoms with van der Waals surface area (Å²) < 4.78 is 5.44. The number of ether oxygens (including phenoxy) is 1. The number of halogens is 2. The van der Waals surface area contributed by atoms with E-state index in [1.54, 1.807) is 0 Å². The molecule has 0 amide bonds. The van der Waals surface area contributed by atoms with E-state index in [0.29, 0.717) is 6.61 Å².